The van der Waals surface area contributed by atoms with Gasteiger partial charge in [0, 0.05) is 6.54 Å². The van der Waals surface area contributed by atoms with Crippen molar-refractivity contribution in [1.29, 1.82) is 0 Å². The molecule has 0 aliphatic rings. The van der Waals surface area contributed by atoms with Crippen molar-refractivity contribution in [2.75, 3.05) is 17.7 Å². The maximum absolute atomic E-state index is 13.1. The van der Waals surface area contributed by atoms with Crippen molar-refractivity contribution in [2.24, 2.45) is 0 Å². The molecule has 11 heteroatoms. The van der Waals surface area contributed by atoms with E-state index in [9.17, 15) is 18.0 Å². The van der Waals surface area contributed by atoms with Gasteiger partial charge in [-0.1, -0.05) is 24.8 Å². The summed E-state index contributed by atoms with van der Waals surface area (Å²) < 4.78 is 46.6. The van der Waals surface area contributed by atoms with Crippen LogP contribution in [-0.2, 0) is 17.5 Å². The summed E-state index contributed by atoms with van der Waals surface area (Å²) in [5.74, 6) is 0.416. The molecule has 3 rings (SSSR count). The van der Waals surface area contributed by atoms with Gasteiger partial charge in [-0.2, -0.15) is 13.2 Å². The van der Waals surface area contributed by atoms with Gasteiger partial charge < -0.3 is 14.6 Å². The van der Waals surface area contributed by atoms with Gasteiger partial charge in [-0.3, -0.25) is 4.79 Å². The van der Waals surface area contributed by atoms with Crippen molar-refractivity contribution in [1.82, 2.24) is 14.8 Å². The number of benzene rings is 1. The minimum Gasteiger partial charge on any atom is -0.491 e. The molecule has 0 radical (unpaired) electrons. The van der Waals surface area contributed by atoms with E-state index in [0.717, 1.165) is 17.0 Å². The number of anilines is 1. The summed E-state index contributed by atoms with van der Waals surface area (Å²) in [5, 5.41) is 13.4. The van der Waals surface area contributed by atoms with Crippen LogP contribution >= 0.6 is 23.1 Å². The lowest BCUT2D eigenvalue weighted by Crippen LogP contribution is -2.16. The van der Waals surface area contributed by atoms with Crippen LogP contribution in [0.1, 0.15) is 25.8 Å². The van der Waals surface area contributed by atoms with E-state index in [1.165, 1.54) is 29.2 Å². The summed E-state index contributed by atoms with van der Waals surface area (Å²) in [4.78, 5) is 13.4. The molecular weight excluding hydrogens is 449 g/mol. The molecule has 0 fully saturated rings. The molecule has 1 amide bonds. The first-order valence-corrected chi connectivity index (χ1v) is 11.4. The number of thiophene rings is 1. The first-order chi connectivity index (χ1) is 14.8. The third-order valence-electron chi connectivity index (χ3n) is 4.15. The van der Waals surface area contributed by atoms with E-state index in [-0.39, 0.29) is 17.2 Å². The fourth-order valence-electron chi connectivity index (χ4n) is 2.73. The third-order valence-corrected chi connectivity index (χ3v) is 5.98. The number of halogens is 3. The number of nitrogens with one attached hydrogen (secondary N) is 1. The van der Waals surface area contributed by atoms with Crippen molar-refractivity contribution in [3.63, 3.8) is 0 Å². The lowest BCUT2D eigenvalue weighted by Gasteiger charge is -2.15. The van der Waals surface area contributed by atoms with Gasteiger partial charge in [0.25, 0.3) is 0 Å². The third kappa shape index (κ3) is 5.79. The Balaban J connectivity index is 1.72. The minimum atomic E-state index is -4.52. The van der Waals surface area contributed by atoms with Crippen LogP contribution < -0.4 is 10.1 Å². The van der Waals surface area contributed by atoms with E-state index in [2.05, 4.69) is 15.5 Å². The van der Waals surface area contributed by atoms with Crippen LogP contribution in [-0.4, -0.2) is 33.0 Å². The Kier molecular flexibility index (Phi) is 7.60. The second-order valence-corrected chi connectivity index (χ2v) is 8.31. The zero-order valence-corrected chi connectivity index (χ0v) is 18.5. The first kappa shape index (κ1) is 23.1. The molecule has 31 heavy (non-hydrogen) atoms. The number of hydrogen-bond donors (Lipinski definition) is 1. The summed E-state index contributed by atoms with van der Waals surface area (Å²) in [6.45, 7) is 4.78. The van der Waals surface area contributed by atoms with Gasteiger partial charge in [-0.15, -0.1) is 21.5 Å². The second kappa shape index (κ2) is 10.2. The Bertz CT molecular complexity index is 1020. The van der Waals surface area contributed by atoms with Gasteiger partial charge in [0.15, 0.2) is 11.0 Å². The first-order valence-electron chi connectivity index (χ1n) is 9.57. The number of hydrogen-bond acceptors (Lipinski definition) is 6. The Hall–Kier alpha value is -2.53. The minimum absolute atomic E-state index is 0.00916. The van der Waals surface area contributed by atoms with Crippen molar-refractivity contribution >= 4 is 34.7 Å². The molecule has 0 saturated heterocycles. The number of carbonyl (C=O) groups is 1. The van der Waals surface area contributed by atoms with E-state index in [0.29, 0.717) is 30.6 Å². The van der Waals surface area contributed by atoms with Crippen LogP contribution in [0.4, 0.5) is 18.9 Å². The molecule has 2 heterocycles. The number of aromatic nitrogens is 3. The summed E-state index contributed by atoms with van der Waals surface area (Å²) in [7, 11) is 0. The van der Waals surface area contributed by atoms with Crippen LogP contribution in [0.5, 0.6) is 5.75 Å². The fraction of sp³-hybridized carbons (Fsp3) is 0.350. The van der Waals surface area contributed by atoms with Crippen LogP contribution in [0.3, 0.4) is 0 Å². The highest BCUT2D eigenvalue weighted by molar-refractivity contribution is 7.99. The molecule has 0 unspecified atom stereocenters. The monoisotopic (exact) mass is 470 g/mol. The van der Waals surface area contributed by atoms with Crippen molar-refractivity contribution in [3.05, 3.63) is 41.3 Å². The number of alkyl halides is 3. The summed E-state index contributed by atoms with van der Waals surface area (Å²) >= 11 is 2.71. The number of carbonyl (C=O) groups excluding carboxylic acids is 1. The summed E-state index contributed by atoms with van der Waals surface area (Å²) in [5.41, 5.74) is -0.865. The molecular formula is C20H21F3N4O2S2. The maximum atomic E-state index is 13.1. The number of thioether (sulfide) groups is 1. The average molecular weight is 471 g/mol. The molecule has 0 spiro atoms. The molecule has 1 aromatic carbocycles. The molecule has 0 aliphatic carbocycles. The Morgan fingerprint density at radius 1 is 1.26 bits per heavy atom. The molecule has 1 N–H and O–H groups in total. The average Bonchev–Trinajstić information content (AvgIpc) is 3.39. The molecule has 0 saturated carbocycles. The molecule has 166 valence electrons. The Morgan fingerprint density at radius 3 is 2.71 bits per heavy atom. The van der Waals surface area contributed by atoms with Gasteiger partial charge in [0.05, 0.1) is 28.5 Å². The topological polar surface area (TPSA) is 69.0 Å². The van der Waals surface area contributed by atoms with Gasteiger partial charge in [0.1, 0.15) is 5.75 Å². The quantitative estimate of drug-likeness (QED) is 0.415. The van der Waals surface area contributed by atoms with Gasteiger partial charge >= 0.3 is 6.18 Å². The highest BCUT2D eigenvalue weighted by Crippen LogP contribution is 2.35. The number of amides is 1. The van der Waals surface area contributed by atoms with Gasteiger partial charge in [-0.05, 0) is 43.0 Å². The van der Waals surface area contributed by atoms with Crippen molar-refractivity contribution in [3.8, 4) is 16.5 Å². The van der Waals surface area contributed by atoms with Crippen molar-refractivity contribution in [2.45, 2.75) is 38.1 Å². The SMILES string of the molecule is CCCOc1ccc(C(F)(F)F)cc1NC(=O)CSc1nnc(-c2cccs2)n1CC. The molecule has 0 aliphatic heterocycles. The van der Waals surface area contributed by atoms with E-state index >= 15 is 0 Å². The predicted molar refractivity (Wildman–Crippen MR) is 116 cm³/mol. The Labute approximate surface area is 185 Å². The maximum Gasteiger partial charge on any atom is 0.416 e. The number of ether oxygens (including phenoxy) is 1. The largest absolute Gasteiger partial charge is 0.491 e. The predicted octanol–water partition coefficient (Wildman–Crippen LogP) is 5.56. The molecule has 3 aromatic rings. The highest BCUT2D eigenvalue weighted by atomic mass is 32.2. The molecule has 0 bridgehead atoms. The smallest absolute Gasteiger partial charge is 0.416 e. The lowest BCUT2D eigenvalue weighted by atomic mass is 10.1. The fourth-order valence-corrected chi connectivity index (χ4v) is 4.25. The van der Waals surface area contributed by atoms with Crippen LogP contribution in [0.15, 0.2) is 40.9 Å². The normalized spacial score (nSPS) is 11.5. The lowest BCUT2D eigenvalue weighted by molar-refractivity contribution is -0.137. The standard InChI is InChI=1S/C20H21F3N4O2S2/c1-3-9-29-15-8-7-13(20(21,22)23)11-14(15)24-17(28)12-31-19-26-25-18(27(19)4-2)16-6-5-10-30-16/h5-8,10-11H,3-4,9,12H2,1-2H3,(H,24,28). The van der Waals surface area contributed by atoms with Crippen molar-refractivity contribution < 1.29 is 22.7 Å². The number of nitrogens with zero attached hydrogens (tertiary/aromatic N) is 3. The molecule has 2 aromatic heterocycles. The second-order valence-electron chi connectivity index (χ2n) is 6.42. The van der Waals surface area contributed by atoms with E-state index in [4.69, 9.17) is 4.74 Å². The van der Waals surface area contributed by atoms with E-state index in [1.54, 1.807) is 0 Å². The van der Waals surface area contributed by atoms with E-state index < -0.39 is 17.6 Å². The van der Waals surface area contributed by atoms with E-state index in [1.807, 2.05) is 35.9 Å². The van der Waals surface area contributed by atoms with Crippen LogP contribution in [0.25, 0.3) is 10.7 Å². The number of rotatable bonds is 9. The van der Waals surface area contributed by atoms with Crippen LogP contribution in [0.2, 0.25) is 0 Å². The highest BCUT2D eigenvalue weighted by Gasteiger charge is 2.31. The summed E-state index contributed by atoms with van der Waals surface area (Å²) in [6.07, 6.45) is -3.84. The zero-order chi connectivity index (χ0) is 22.4. The van der Waals surface area contributed by atoms with Gasteiger partial charge in [-0.25, -0.2) is 0 Å². The summed E-state index contributed by atoms with van der Waals surface area (Å²) in [6, 6.07) is 6.90. The molecule has 6 nitrogen and oxygen atoms in total. The molecule has 0 atom stereocenters. The zero-order valence-electron chi connectivity index (χ0n) is 16.9. The Morgan fingerprint density at radius 2 is 2.06 bits per heavy atom. The van der Waals surface area contributed by atoms with Gasteiger partial charge in [0.2, 0.25) is 5.91 Å². The van der Waals surface area contributed by atoms with Crippen LogP contribution in [0, 0.1) is 0 Å².